The fourth-order valence-corrected chi connectivity index (χ4v) is 1.92. The Hall–Kier alpha value is -1.67. The van der Waals surface area contributed by atoms with E-state index in [1.807, 2.05) is 6.07 Å². The van der Waals surface area contributed by atoms with Gasteiger partial charge in [0.05, 0.1) is 11.3 Å². The van der Waals surface area contributed by atoms with E-state index < -0.39 is 0 Å². The lowest BCUT2D eigenvalue weighted by Crippen LogP contribution is -2.24. The van der Waals surface area contributed by atoms with Gasteiger partial charge >= 0.3 is 0 Å². The van der Waals surface area contributed by atoms with E-state index in [-0.39, 0.29) is 11.5 Å². The molecule has 16 heavy (non-hydrogen) atoms. The van der Waals surface area contributed by atoms with Crippen molar-refractivity contribution < 1.29 is 4.74 Å². The zero-order valence-corrected chi connectivity index (χ0v) is 9.14. The Morgan fingerprint density at radius 1 is 1.56 bits per heavy atom. The third-order valence-corrected chi connectivity index (χ3v) is 2.85. The van der Waals surface area contributed by atoms with Crippen molar-refractivity contribution in [2.24, 2.45) is 7.05 Å². The van der Waals surface area contributed by atoms with Gasteiger partial charge in [0.1, 0.15) is 6.07 Å². The highest BCUT2D eigenvalue weighted by molar-refractivity contribution is 5.33. The molecule has 0 amide bonds. The highest BCUT2D eigenvalue weighted by Crippen LogP contribution is 2.26. The molecule has 0 N–H and O–H groups in total. The minimum absolute atomic E-state index is 0.232. The number of rotatable bonds is 1. The molecular formula is C11H13N3O2. The SMILES string of the molecule is Cn1nc(C2CCOCC2)c(C#N)cc1=O. The van der Waals surface area contributed by atoms with Crippen molar-refractivity contribution in [3.8, 4) is 6.07 Å². The van der Waals surface area contributed by atoms with Crippen LogP contribution in [0.15, 0.2) is 10.9 Å². The fourth-order valence-electron chi connectivity index (χ4n) is 1.92. The lowest BCUT2D eigenvalue weighted by atomic mass is 9.93. The van der Waals surface area contributed by atoms with Gasteiger partial charge in [0.15, 0.2) is 0 Å². The van der Waals surface area contributed by atoms with Crippen LogP contribution in [-0.4, -0.2) is 23.0 Å². The third-order valence-electron chi connectivity index (χ3n) is 2.85. The largest absolute Gasteiger partial charge is 0.381 e. The fraction of sp³-hybridized carbons (Fsp3) is 0.545. The van der Waals surface area contributed by atoms with E-state index in [2.05, 4.69) is 5.10 Å². The molecule has 0 unspecified atom stereocenters. The second kappa shape index (κ2) is 4.45. The average molecular weight is 219 g/mol. The van der Waals surface area contributed by atoms with E-state index in [0.717, 1.165) is 18.5 Å². The van der Waals surface area contributed by atoms with E-state index in [1.165, 1.54) is 10.7 Å². The summed E-state index contributed by atoms with van der Waals surface area (Å²) in [7, 11) is 1.60. The van der Waals surface area contributed by atoms with Gasteiger partial charge < -0.3 is 4.74 Å². The summed E-state index contributed by atoms with van der Waals surface area (Å²) < 4.78 is 6.55. The Balaban J connectivity index is 2.42. The van der Waals surface area contributed by atoms with Crippen LogP contribution in [0.1, 0.15) is 30.0 Å². The summed E-state index contributed by atoms with van der Waals surface area (Å²) in [6, 6.07) is 3.40. The smallest absolute Gasteiger partial charge is 0.267 e. The van der Waals surface area contributed by atoms with Gasteiger partial charge in [-0.1, -0.05) is 0 Å². The van der Waals surface area contributed by atoms with Crippen molar-refractivity contribution in [2.75, 3.05) is 13.2 Å². The van der Waals surface area contributed by atoms with Crippen LogP contribution in [0, 0.1) is 11.3 Å². The third kappa shape index (κ3) is 1.97. The molecule has 0 atom stereocenters. The molecule has 1 aromatic heterocycles. The summed E-state index contributed by atoms with van der Waals surface area (Å²) >= 11 is 0. The molecule has 0 saturated carbocycles. The topological polar surface area (TPSA) is 67.9 Å². The first-order chi connectivity index (χ1) is 7.72. The molecule has 0 aliphatic carbocycles. The van der Waals surface area contributed by atoms with Crippen molar-refractivity contribution >= 4 is 0 Å². The summed E-state index contributed by atoms with van der Waals surface area (Å²) in [4.78, 5) is 11.4. The number of nitrogens with zero attached hydrogens (tertiary/aromatic N) is 3. The number of nitriles is 1. The quantitative estimate of drug-likeness (QED) is 0.691. The highest BCUT2D eigenvalue weighted by atomic mass is 16.5. The molecule has 5 nitrogen and oxygen atoms in total. The standard InChI is InChI=1S/C11H13N3O2/c1-14-10(15)6-9(7-12)11(13-14)8-2-4-16-5-3-8/h6,8H,2-5H2,1H3. The van der Waals surface area contributed by atoms with Crippen LogP contribution >= 0.6 is 0 Å². The highest BCUT2D eigenvalue weighted by Gasteiger charge is 2.21. The number of ether oxygens (including phenoxy) is 1. The molecule has 0 aromatic carbocycles. The molecule has 0 radical (unpaired) electrons. The average Bonchev–Trinajstić information content (AvgIpc) is 2.33. The zero-order chi connectivity index (χ0) is 11.5. The van der Waals surface area contributed by atoms with Crippen molar-refractivity contribution in [1.29, 1.82) is 5.26 Å². The Bertz CT molecular complexity index is 481. The lowest BCUT2D eigenvalue weighted by molar-refractivity contribution is 0.0840. The van der Waals surface area contributed by atoms with E-state index in [0.29, 0.717) is 18.8 Å². The molecule has 1 aromatic rings. The van der Waals surface area contributed by atoms with Gasteiger partial charge in [-0.05, 0) is 12.8 Å². The molecular weight excluding hydrogens is 206 g/mol. The van der Waals surface area contributed by atoms with Crippen LogP contribution in [0.25, 0.3) is 0 Å². The molecule has 5 heteroatoms. The molecule has 1 saturated heterocycles. The molecule has 2 heterocycles. The molecule has 84 valence electrons. The Kier molecular flexibility index (Phi) is 3.02. The Morgan fingerprint density at radius 3 is 2.88 bits per heavy atom. The van der Waals surface area contributed by atoms with E-state index >= 15 is 0 Å². The van der Waals surface area contributed by atoms with Gasteiger partial charge in [-0.2, -0.15) is 10.4 Å². The maximum absolute atomic E-state index is 11.4. The molecule has 1 fully saturated rings. The lowest BCUT2D eigenvalue weighted by Gasteiger charge is -2.22. The van der Waals surface area contributed by atoms with Crippen LogP contribution in [0.3, 0.4) is 0 Å². The first-order valence-electron chi connectivity index (χ1n) is 5.28. The number of hydrogen-bond donors (Lipinski definition) is 0. The Labute approximate surface area is 93.3 Å². The van der Waals surface area contributed by atoms with Crippen molar-refractivity contribution in [2.45, 2.75) is 18.8 Å². The number of aryl methyl sites for hydroxylation is 1. The van der Waals surface area contributed by atoms with Crippen LogP contribution in [0.4, 0.5) is 0 Å². The molecule has 1 aliphatic heterocycles. The zero-order valence-electron chi connectivity index (χ0n) is 9.14. The first kappa shape index (κ1) is 10.8. The van der Waals surface area contributed by atoms with Crippen LogP contribution in [0.5, 0.6) is 0 Å². The van der Waals surface area contributed by atoms with E-state index in [1.54, 1.807) is 7.05 Å². The van der Waals surface area contributed by atoms with Gasteiger partial charge in [0, 0.05) is 32.2 Å². The van der Waals surface area contributed by atoms with Gasteiger partial charge in [0.25, 0.3) is 5.56 Å². The van der Waals surface area contributed by atoms with Gasteiger partial charge in [-0.3, -0.25) is 4.79 Å². The second-order valence-corrected chi connectivity index (χ2v) is 3.90. The normalized spacial score (nSPS) is 17.0. The van der Waals surface area contributed by atoms with Gasteiger partial charge in [-0.15, -0.1) is 0 Å². The summed E-state index contributed by atoms with van der Waals surface area (Å²) in [5.41, 5.74) is 0.884. The van der Waals surface area contributed by atoms with Crippen LogP contribution in [0.2, 0.25) is 0 Å². The van der Waals surface area contributed by atoms with Crippen molar-refractivity contribution in [3.63, 3.8) is 0 Å². The monoisotopic (exact) mass is 219 g/mol. The van der Waals surface area contributed by atoms with Crippen molar-refractivity contribution in [1.82, 2.24) is 9.78 Å². The Morgan fingerprint density at radius 2 is 2.25 bits per heavy atom. The van der Waals surface area contributed by atoms with Crippen LogP contribution < -0.4 is 5.56 Å². The number of hydrogen-bond acceptors (Lipinski definition) is 4. The molecule has 2 rings (SSSR count). The van der Waals surface area contributed by atoms with E-state index in [4.69, 9.17) is 10.00 Å². The second-order valence-electron chi connectivity index (χ2n) is 3.90. The van der Waals surface area contributed by atoms with Gasteiger partial charge in [-0.25, -0.2) is 4.68 Å². The summed E-state index contributed by atoms with van der Waals surface area (Å²) in [5.74, 6) is 0.232. The minimum Gasteiger partial charge on any atom is -0.381 e. The van der Waals surface area contributed by atoms with Gasteiger partial charge in [0.2, 0.25) is 0 Å². The maximum atomic E-state index is 11.4. The summed E-state index contributed by atoms with van der Waals surface area (Å²) in [5, 5.41) is 13.2. The molecule has 0 spiro atoms. The predicted molar refractivity (Wildman–Crippen MR) is 57.0 cm³/mol. The molecule has 1 aliphatic rings. The first-order valence-corrected chi connectivity index (χ1v) is 5.28. The summed E-state index contributed by atoms with van der Waals surface area (Å²) in [6.07, 6.45) is 1.72. The van der Waals surface area contributed by atoms with E-state index in [9.17, 15) is 4.79 Å². The summed E-state index contributed by atoms with van der Waals surface area (Å²) in [6.45, 7) is 1.39. The maximum Gasteiger partial charge on any atom is 0.267 e. The van der Waals surface area contributed by atoms with Crippen molar-refractivity contribution in [3.05, 3.63) is 27.7 Å². The predicted octanol–water partition coefficient (Wildman–Crippen LogP) is 0.546. The molecule has 0 bridgehead atoms. The van der Waals surface area contributed by atoms with Crippen LogP contribution in [-0.2, 0) is 11.8 Å². The minimum atomic E-state index is -0.243. The number of aromatic nitrogens is 2.